The molecule has 0 unspecified atom stereocenters. The maximum absolute atomic E-state index is 13.1. The zero-order valence-corrected chi connectivity index (χ0v) is 22.1. The number of carbonyl (C=O) groups excluding carboxylic acids is 3. The van der Waals surface area contributed by atoms with E-state index in [9.17, 15) is 14.4 Å². The number of alkyl halides is 1. The Morgan fingerprint density at radius 2 is 1.03 bits per heavy atom. The van der Waals surface area contributed by atoms with Crippen molar-refractivity contribution in [3.8, 4) is 0 Å². The van der Waals surface area contributed by atoms with Gasteiger partial charge in [-0.3, -0.25) is 0 Å². The molecule has 9 heteroatoms. The van der Waals surface area contributed by atoms with Gasteiger partial charge in [0.15, 0.2) is 24.6 Å². The molecule has 0 aromatic heterocycles. The van der Waals surface area contributed by atoms with Gasteiger partial charge in [0.05, 0.1) is 16.7 Å². The third-order valence-corrected chi connectivity index (χ3v) is 6.60. The Balaban J connectivity index is 1.69. The van der Waals surface area contributed by atoms with Crippen LogP contribution < -0.4 is 0 Å². The van der Waals surface area contributed by atoms with E-state index >= 15 is 0 Å². The lowest BCUT2D eigenvalue weighted by molar-refractivity contribution is -0.282. The number of rotatable bonds is 8. The average Bonchev–Trinajstić information content (AvgIpc) is 2.95. The first-order chi connectivity index (χ1) is 18.0. The van der Waals surface area contributed by atoms with Crippen LogP contribution in [0.3, 0.4) is 0 Å². The Labute approximate surface area is 228 Å². The molecule has 0 radical (unpaired) electrons. The van der Waals surface area contributed by atoms with Crippen molar-refractivity contribution in [2.45, 2.75) is 30.7 Å². The molecule has 4 rings (SSSR count). The van der Waals surface area contributed by atoms with Crippen LogP contribution in [0.5, 0.6) is 0 Å². The highest BCUT2D eigenvalue weighted by atomic mass is 127. The first kappa shape index (κ1) is 26.8. The van der Waals surface area contributed by atoms with Gasteiger partial charge >= 0.3 is 17.9 Å². The summed E-state index contributed by atoms with van der Waals surface area (Å²) in [6.45, 7) is 0. The van der Waals surface area contributed by atoms with Crippen LogP contribution in [0.25, 0.3) is 0 Å². The van der Waals surface area contributed by atoms with Gasteiger partial charge in [-0.05, 0) is 36.4 Å². The fraction of sp³-hybridized carbons (Fsp3) is 0.250. The molecule has 192 valence electrons. The molecule has 1 aliphatic heterocycles. The van der Waals surface area contributed by atoms with Gasteiger partial charge in [0, 0.05) is 11.5 Å². The van der Waals surface area contributed by atoms with Crippen molar-refractivity contribution >= 4 is 40.5 Å². The van der Waals surface area contributed by atoms with Crippen molar-refractivity contribution in [3.63, 3.8) is 0 Å². The summed E-state index contributed by atoms with van der Waals surface area (Å²) in [5, 5.41) is 0. The lowest BCUT2D eigenvalue weighted by Gasteiger charge is -2.43. The molecule has 1 saturated heterocycles. The number of hydrogen-bond donors (Lipinski definition) is 0. The van der Waals surface area contributed by atoms with Crippen molar-refractivity contribution in [3.05, 3.63) is 108 Å². The van der Waals surface area contributed by atoms with Crippen LogP contribution >= 0.6 is 22.6 Å². The summed E-state index contributed by atoms with van der Waals surface area (Å²) in [5.41, 5.74) is 0.893. The van der Waals surface area contributed by atoms with Crippen LogP contribution in [0.1, 0.15) is 31.1 Å². The molecule has 5 atom stereocenters. The molecule has 0 amide bonds. The van der Waals surface area contributed by atoms with Gasteiger partial charge in [-0.15, -0.1) is 0 Å². The number of carbonyl (C=O) groups is 3. The van der Waals surface area contributed by atoms with Gasteiger partial charge in [0.25, 0.3) is 0 Å². The molecule has 0 aliphatic carbocycles. The van der Waals surface area contributed by atoms with Crippen molar-refractivity contribution in [1.82, 2.24) is 0 Å². The molecule has 1 aliphatic rings. The van der Waals surface area contributed by atoms with Crippen LogP contribution in [0.4, 0.5) is 0 Å². The maximum Gasteiger partial charge on any atom is 0.338 e. The summed E-state index contributed by atoms with van der Waals surface area (Å²) in [7, 11) is 1.39. The van der Waals surface area contributed by atoms with Crippen LogP contribution in [0.15, 0.2) is 91.0 Å². The van der Waals surface area contributed by atoms with Gasteiger partial charge in [-0.25, -0.2) is 14.4 Å². The minimum Gasteiger partial charge on any atom is -0.452 e. The Bertz CT molecular complexity index is 1120. The summed E-state index contributed by atoms with van der Waals surface area (Å²) < 4.78 is 29.4. The number of benzene rings is 3. The molecule has 1 fully saturated rings. The van der Waals surface area contributed by atoms with Crippen molar-refractivity contribution < 1.29 is 38.1 Å². The number of hydrogen-bond acceptors (Lipinski definition) is 8. The lowest BCUT2D eigenvalue weighted by Crippen LogP contribution is -2.62. The fourth-order valence-electron chi connectivity index (χ4n) is 3.89. The quantitative estimate of drug-likeness (QED) is 0.158. The first-order valence-corrected chi connectivity index (χ1v) is 13.1. The van der Waals surface area contributed by atoms with Crippen LogP contribution in [-0.4, -0.2) is 60.2 Å². The minimum absolute atomic E-state index is 0.287. The molecule has 3 aromatic rings. The third kappa shape index (κ3) is 6.54. The van der Waals surface area contributed by atoms with Crippen molar-refractivity contribution in [2.24, 2.45) is 0 Å². The summed E-state index contributed by atoms with van der Waals surface area (Å²) in [4.78, 5) is 39.1. The Morgan fingerprint density at radius 1 is 0.649 bits per heavy atom. The second-order valence-electron chi connectivity index (χ2n) is 8.14. The van der Waals surface area contributed by atoms with Crippen molar-refractivity contribution in [1.29, 1.82) is 0 Å². The number of halogens is 1. The monoisotopic (exact) mass is 616 g/mol. The summed E-state index contributed by atoms with van der Waals surface area (Å²) in [5.74, 6) is -1.97. The first-order valence-electron chi connectivity index (χ1n) is 11.5. The highest BCUT2D eigenvalue weighted by molar-refractivity contribution is 14.1. The molecule has 0 bridgehead atoms. The average molecular weight is 616 g/mol. The molecule has 0 N–H and O–H groups in total. The Morgan fingerprint density at radius 3 is 1.41 bits per heavy atom. The third-order valence-electron chi connectivity index (χ3n) is 5.73. The smallest absolute Gasteiger partial charge is 0.338 e. The fourth-order valence-corrected chi connectivity index (χ4v) is 4.60. The van der Waals surface area contributed by atoms with Gasteiger partial charge in [-0.1, -0.05) is 77.2 Å². The largest absolute Gasteiger partial charge is 0.452 e. The molecule has 0 saturated carbocycles. The highest BCUT2D eigenvalue weighted by Crippen LogP contribution is 2.31. The minimum atomic E-state index is -1.22. The Kier molecular flexibility index (Phi) is 9.26. The summed E-state index contributed by atoms with van der Waals surface area (Å²) in [6, 6.07) is 25.2. The number of ether oxygens (including phenoxy) is 5. The lowest BCUT2D eigenvalue weighted by atomic mass is 9.98. The van der Waals surface area contributed by atoms with E-state index in [0.717, 1.165) is 0 Å². The van der Waals surface area contributed by atoms with E-state index in [2.05, 4.69) is 22.6 Å². The number of esters is 3. The molecule has 3 aromatic carbocycles. The molecule has 37 heavy (non-hydrogen) atoms. The zero-order chi connectivity index (χ0) is 26.2. The second-order valence-corrected chi connectivity index (χ2v) is 9.02. The number of methoxy groups -OCH3 is 1. The second kappa shape index (κ2) is 12.8. The van der Waals surface area contributed by atoms with E-state index < -0.39 is 48.6 Å². The Hall–Kier alpha value is -3.28. The summed E-state index contributed by atoms with van der Waals surface area (Å²) in [6.07, 6.45) is -5.31. The molecule has 8 nitrogen and oxygen atoms in total. The normalized spacial score (nSPS) is 23.0. The van der Waals surface area contributed by atoms with E-state index in [1.807, 2.05) is 0 Å². The van der Waals surface area contributed by atoms with Crippen LogP contribution in [0.2, 0.25) is 0 Å². The van der Waals surface area contributed by atoms with Crippen LogP contribution in [0, 0.1) is 0 Å². The van der Waals surface area contributed by atoms with E-state index in [1.165, 1.54) is 7.11 Å². The van der Waals surface area contributed by atoms with Crippen molar-refractivity contribution in [2.75, 3.05) is 11.5 Å². The standard InChI is InChI=1S/C28H25IO8/c1-33-28-24(37-27(32)20-15-9-4-10-16-20)23(36-26(31)19-13-7-3-8-14-19)22(21(17-29)34-28)35-25(30)18-11-5-2-6-12-18/h2-16,21-24,28H,17H2,1H3/t21-,22-,23+,24+,28+/m0/s1. The van der Waals surface area contributed by atoms with E-state index in [-0.39, 0.29) is 5.56 Å². The molecule has 0 spiro atoms. The zero-order valence-electron chi connectivity index (χ0n) is 19.9. The van der Waals surface area contributed by atoms with E-state index in [0.29, 0.717) is 15.6 Å². The SMILES string of the molecule is CO[C@@H]1O[C@@H](CI)[C@H](OC(=O)c2ccccc2)[C@@H](OC(=O)c2ccccc2)[C@H]1OC(=O)c1ccccc1. The summed E-state index contributed by atoms with van der Waals surface area (Å²) >= 11 is 2.09. The molecule has 1 heterocycles. The predicted molar refractivity (Wildman–Crippen MR) is 141 cm³/mol. The van der Waals surface area contributed by atoms with Gasteiger partial charge < -0.3 is 23.7 Å². The van der Waals surface area contributed by atoms with E-state index in [4.69, 9.17) is 23.7 Å². The van der Waals surface area contributed by atoms with Gasteiger partial charge in [0.2, 0.25) is 0 Å². The maximum atomic E-state index is 13.1. The molecular weight excluding hydrogens is 591 g/mol. The van der Waals surface area contributed by atoms with E-state index in [1.54, 1.807) is 91.0 Å². The molecular formula is C28H25IO8. The predicted octanol–water partition coefficient (Wildman–Crippen LogP) is 4.47. The highest BCUT2D eigenvalue weighted by Gasteiger charge is 2.52. The van der Waals surface area contributed by atoms with Crippen LogP contribution in [-0.2, 0) is 23.7 Å². The van der Waals surface area contributed by atoms with Gasteiger partial charge in [0.1, 0.15) is 6.10 Å². The topological polar surface area (TPSA) is 97.4 Å². The van der Waals surface area contributed by atoms with Gasteiger partial charge in [-0.2, -0.15) is 0 Å².